The van der Waals surface area contributed by atoms with Gasteiger partial charge in [-0.1, -0.05) is 36.4 Å². The third kappa shape index (κ3) is 4.01. The van der Waals surface area contributed by atoms with Gasteiger partial charge in [0.1, 0.15) is 6.61 Å². The van der Waals surface area contributed by atoms with Gasteiger partial charge in [-0.3, -0.25) is 0 Å². The van der Waals surface area contributed by atoms with Crippen molar-refractivity contribution in [3.8, 4) is 0 Å². The first-order valence-corrected chi connectivity index (χ1v) is 9.12. The van der Waals surface area contributed by atoms with Crippen molar-refractivity contribution in [2.45, 2.75) is 36.6 Å². The van der Waals surface area contributed by atoms with E-state index in [4.69, 9.17) is 0 Å². The van der Waals surface area contributed by atoms with Crippen molar-refractivity contribution < 1.29 is 49.4 Å². The number of fused-ring (bicyclic) bond motifs is 3. The summed E-state index contributed by atoms with van der Waals surface area (Å²) >= 11 is 0. The Hall–Kier alpha value is -2.47. The van der Waals surface area contributed by atoms with Crippen molar-refractivity contribution in [1.29, 1.82) is 0 Å². The maximum Gasteiger partial charge on any atom is 0.460 e. The SMILES string of the molecule is OC(COCC(F)(F)C(F)(F)C(F)(F)C(F)(F)F)Cn1c2ccccc2c2ccccc21. The van der Waals surface area contributed by atoms with Crippen molar-refractivity contribution in [2.75, 3.05) is 13.2 Å². The third-order valence-electron chi connectivity index (χ3n) is 4.88. The van der Waals surface area contributed by atoms with Gasteiger partial charge in [0.15, 0.2) is 0 Å². The van der Waals surface area contributed by atoms with E-state index in [0.717, 1.165) is 10.8 Å². The molecule has 1 aromatic heterocycles. The van der Waals surface area contributed by atoms with Crippen molar-refractivity contribution in [2.24, 2.45) is 0 Å². The molecule has 0 fully saturated rings. The molecule has 0 amide bonds. The van der Waals surface area contributed by atoms with E-state index in [0.29, 0.717) is 11.0 Å². The zero-order valence-corrected chi connectivity index (χ0v) is 16.0. The van der Waals surface area contributed by atoms with Crippen LogP contribution in [0.25, 0.3) is 21.8 Å². The number of benzene rings is 2. The number of hydrogen-bond donors (Lipinski definition) is 1. The molecule has 3 rings (SSSR count). The summed E-state index contributed by atoms with van der Waals surface area (Å²) in [5.41, 5.74) is 1.32. The van der Waals surface area contributed by atoms with E-state index in [9.17, 15) is 44.6 Å². The number of para-hydroxylation sites is 2. The smallest absolute Gasteiger partial charge is 0.389 e. The van der Waals surface area contributed by atoms with Gasteiger partial charge in [-0.2, -0.15) is 39.5 Å². The molecule has 1 heterocycles. The van der Waals surface area contributed by atoms with Crippen LogP contribution in [0.3, 0.4) is 0 Å². The molecular formula is C20H16F9NO2. The Morgan fingerprint density at radius 2 is 1.22 bits per heavy atom. The Kier molecular flexibility index (Phi) is 6.15. The third-order valence-corrected chi connectivity index (χ3v) is 4.88. The second-order valence-electron chi connectivity index (χ2n) is 7.16. The summed E-state index contributed by atoms with van der Waals surface area (Å²) < 4.78 is 122. The number of ether oxygens (including phenoxy) is 1. The van der Waals surface area contributed by atoms with E-state index in [2.05, 4.69) is 4.74 Å². The predicted molar refractivity (Wildman–Crippen MR) is 97.2 cm³/mol. The van der Waals surface area contributed by atoms with E-state index in [-0.39, 0.29) is 6.54 Å². The van der Waals surface area contributed by atoms with E-state index >= 15 is 0 Å². The molecule has 3 aromatic rings. The maximum absolute atomic E-state index is 13.5. The minimum atomic E-state index is -6.98. The van der Waals surface area contributed by atoms with Gasteiger partial charge >= 0.3 is 23.9 Å². The summed E-state index contributed by atoms with van der Waals surface area (Å²) in [6, 6.07) is 14.0. The summed E-state index contributed by atoms with van der Waals surface area (Å²) in [5, 5.41) is 11.8. The summed E-state index contributed by atoms with van der Waals surface area (Å²) in [5.74, 6) is -19.6. The normalized spacial score (nSPS) is 14.9. The topological polar surface area (TPSA) is 34.4 Å². The molecule has 2 aromatic carbocycles. The molecule has 0 aliphatic heterocycles. The highest BCUT2D eigenvalue weighted by Crippen LogP contribution is 2.53. The average Bonchev–Trinajstić information content (AvgIpc) is 3.01. The highest BCUT2D eigenvalue weighted by atomic mass is 19.4. The van der Waals surface area contributed by atoms with Gasteiger partial charge in [0.2, 0.25) is 0 Å². The lowest BCUT2D eigenvalue weighted by Crippen LogP contribution is -2.62. The molecule has 0 saturated heterocycles. The maximum atomic E-state index is 13.5. The molecule has 12 heteroatoms. The zero-order chi connectivity index (χ0) is 23.9. The first kappa shape index (κ1) is 24.2. The fourth-order valence-corrected chi connectivity index (χ4v) is 3.28. The van der Waals surface area contributed by atoms with Crippen LogP contribution in [0.5, 0.6) is 0 Å². The number of halogens is 9. The Morgan fingerprint density at radius 3 is 1.69 bits per heavy atom. The van der Waals surface area contributed by atoms with Gasteiger partial charge in [0.25, 0.3) is 0 Å². The molecule has 0 saturated carbocycles. The van der Waals surface area contributed by atoms with E-state index in [1.807, 2.05) is 0 Å². The fourth-order valence-electron chi connectivity index (χ4n) is 3.28. The van der Waals surface area contributed by atoms with Crippen molar-refractivity contribution in [3.63, 3.8) is 0 Å². The van der Waals surface area contributed by atoms with Gasteiger partial charge < -0.3 is 14.4 Å². The minimum absolute atomic E-state index is 0.241. The molecule has 0 spiro atoms. The Balaban J connectivity index is 1.71. The minimum Gasteiger partial charge on any atom is -0.389 e. The number of rotatable bonds is 8. The molecule has 176 valence electrons. The molecule has 3 nitrogen and oxygen atoms in total. The lowest BCUT2D eigenvalue weighted by molar-refractivity contribution is -0.400. The van der Waals surface area contributed by atoms with Crippen LogP contribution >= 0.6 is 0 Å². The molecule has 0 aliphatic carbocycles. The van der Waals surface area contributed by atoms with Crippen molar-refractivity contribution in [1.82, 2.24) is 4.57 Å². The van der Waals surface area contributed by atoms with Crippen LogP contribution in [-0.2, 0) is 11.3 Å². The van der Waals surface area contributed by atoms with Crippen LogP contribution in [0.15, 0.2) is 48.5 Å². The second-order valence-corrected chi connectivity index (χ2v) is 7.16. The molecule has 1 N–H and O–H groups in total. The predicted octanol–water partition coefficient (Wildman–Crippen LogP) is 5.64. The highest BCUT2D eigenvalue weighted by molar-refractivity contribution is 6.07. The molecule has 0 radical (unpaired) electrons. The molecule has 1 atom stereocenters. The summed E-state index contributed by atoms with van der Waals surface area (Å²) in [4.78, 5) is 0. The molecular weight excluding hydrogens is 457 g/mol. The molecule has 32 heavy (non-hydrogen) atoms. The average molecular weight is 473 g/mol. The molecule has 0 aliphatic rings. The summed E-state index contributed by atoms with van der Waals surface area (Å²) in [6.07, 6.45) is -8.45. The summed E-state index contributed by atoms with van der Waals surface area (Å²) in [6.45, 7) is -3.70. The van der Waals surface area contributed by atoms with E-state index < -0.39 is 43.3 Å². The van der Waals surface area contributed by atoms with Crippen LogP contribution in [0.1, 0.15) is 0 Å². The standard InChI is InChI=1S/C20H16F9NO2/c21-17(22,18(23,24)19(25,26)20(27,28)29)11-32-10-12(31)9-30-15-7-3-1-5-13(15)14-6-2-4-8-16(14)30/h1-8,12,31H,9-11H2. The Labute approximate surface area is 175 Å². The Bertz CT molecular complexity index is 1040. The highest BCUT2D eigenvalue weighted by Gasteiger charge is 2.81. The van der Waals surface area contributed by atoms with Gasteiger partial charge in [-0.15, -0.1) is 0 Å². The van der Waals surface area contributed by atoms with Crippen molar-refractivity contribution >= 4 is 21.8 Å². The van der Waals surface area contributed by atoms with Gasteiger partial charge in [-0.05, 0) is 12.1 Å². The van der Waals surface area contributed by atoms with Crippen LogP contribution in [-0.4, -0.2) is 52.9 Å². The number of aliphatic hydroxyl groups is 1. The van der Waals surface area contributed by atoms with Crippen LogP contribution in [0.4, 0.5) is 39.5 Å². The fraction of sp³-hybridized carbons (Fsp3) is 0.400. The zero-order valence-electron chi connectivity index (χ0n) is 16.0. The first-order valence-electron chi connectivity index (χ1n) is 9.12. The number of hydrogen-bond acceptors (Lipinski definition) is 2. The molecule has 0 bridgehead atoms. The number of aromatic nitrogens is 1. The lowest BCUT2D eigenvalue weighted by atomic mass is 10.0. The molecule has 1 unspecified atom stereocenters. The number of aliphatic hydroxyl groups excluding tert-OH is 1. The summed E-state index contributed by atoms with van der Waals surface area (Å²) in [7, 11) is 0. The van der Waals surface area contributed by atoms with Crippen LogP contribution < -0.4 is 0 Å². The number of alkyl halides is 9. The van der Waals surface area contributed by atoms with Crippen molar-refractivity contribution in [3.05, 3.63) is 48.5 Å². The van der Waals surface area contributed by atoms with Gasteiger partial charge in [-0.25, -0.2) is 0 Å². The van der Waals surface area contributed by atoms with E-state index in [1.165, 1.54) is 0 Å². The second kappa shape index (κ2) is 8.14. The van der Waals surface area contributed by atoms with Gasteiger partial charge in [0, 0.05) is 21.8 Å². The van der Waals surface area contributed by atoms with E-state index in [1.54, 1.807) is 53.1 Å². The largest absolute Gasteiger partial charge is 0.460 e. The number of nitrogens with zero attached hydrogens (tertiary/aromatic N) is 1. The monoisotopic (exact) mass is 473 g/mol. The Morgan fingerprint density at radius 1 is 0.750 bits per heavy atom. The lowest BCUT2D eigenvalue weighted by Gasteiger charge is -2.33. The quantitative estimate of drug-likeness (QED) is 0.430. The van der Waals surface area contributed by atoms with Gasteiger partial charge in [0.05, 0.1) is 19.3 Å². The van der Waals surface area contributed by atoms with Crippen LogP contribution in [0.2, 0.25) is 0 Å². The first-order chi connectivity index (χ1) is 14.7. The van der Waals surface area contributed by atoms with Crippen LogP contribution in [0, 0.1) is 0 Å².